The molecule has 0 aliphatic carbocycles. The topological polar surface area (TPSA) is 78.9 Å². The lowest BCUT2D eigenvalue weighted by atomic mass is 10.4. The normalized spacial score (nSPS) is 8.33. The monoisotopic (exact) mass is 127 g/mol. The van der Waals surface area contributed by atoms with E-state index in [1.54, 1.807) is 0 Å². The van der Waals surface area contributed by atoms with Gasteiger partial charge in [-0.15, -0.1) is 0 Å². The number of nitrogens with zero attached hydrogens (tertiary/aromatic N) is 1. The molecule has 0 radical (unpaired) electrons. The van der Waals surface area contributed by atoms with Crippen LogP contribution in [0.15, 0.2) is 0 Å². The van der Waals surface area contributed by atoms with Gasteiger partial charge < -0.3 is 11.1 Å². The second-order valence-corrected chi connectivity index (χ2v) is 1.55. The maximum Gasteiger partial charge on any atom is 0.218 e. The number of primary amides is 1. The molecule has 0 aromatic rings. The van der Waals surface area contributed by atoms with Crippen LogP contribution < -0.4 is 11.1 Å². The zero-order chi connectivity index (χ0) is 7.11. The highest BCUT2D eigenvalue weighted by Gasteiger charge is 1.90. The number of amides is 1. The van der Waals surface area contributed by atoms with E-state index in [0.29, 0.717) is 13.0 Å². The number of rotatable bonds is 4. The van der Waals surface area contributed by atoms with Crippen LogP contribution in [0.1, 0.15) is 6.42 Å². The smallest absolute Gasteiger partial charge is 0.218 e. The highest BCUT2D eigenvalue weighted by Crippen LogP contribution is 1.69. The molecule has 0 saturated heterocycles. The molecule has 0 heterocycles. The first-order valence-electron chi connectivity index (χ1n) is 2.63. The minimum atomic E-state index is -0.347. The number of hydrogen-bond donors (Lipinski definition) is 2. The molecule has 0 fully saturated rings. The van der Waals surface area contributed by atoms with Gasteiger partial charge in [0.25, 0.3) is 0 Å². The van der Waals surface area contributed by atoms with Crippen LogP contribution in [0, 0.1) is 11.3 Å². The van der Waals surface area contributed by atoms with Gasteiger partial charge >= 0.3 is 0 Å². The summed E-state index contributed by atoms with van der Waals surface area (Å²) < 4.78 is 0. The molecule has 3 N–H and O–H groups in total. The summed E-state index contributed by atoms with van der Waals surface area (Å²) >= 11 is 0. The van der Waals surface area contributed by atoms with Gasteiger partial charge in [-0.2, -0.15) is 5.26 Å². The van der Waals surface area contributed by atoms with Crippen molar-refractivity contribution in [1.82, 2.24) is 5.32 Å². The number of nitrogens with one attached hydrogen (secondary N) is 1. The predicted molar refractivity (Wildman–Crippen MR) is 32.3 cm³/mol. The minimum Gasteiger partial charge on any atom is -0.370 e. The summed E-state index contributed by atoms with van der Waals surface area (Å²) in [7, 11) is 0. The Kier molecular flexibility index (Phi) is 4.46. The van der Waals surface area contributed by atoms with Crippen molar-refractivity contribution < 1.29 is 4.79 Å². The average molecular weight is 127 g/mol. The van der Waals surface area contributed by atoms with Gasteiger partial charge in [-0.3, -0.25) is 4.79 Å². The fraction of sp³-hybridized carbons (Fsp3) is 0.600. The lowest BCUT2D eigenvalue weighted by molar-refractivity contribution is -0.117. The van der Waals surface area contributed by atoms with E-state index in [0.717, 1.165) is 0 Å². The van der Waals surface area contributed by atoms with E-state index in [1.807, 2.05) is 6.07 Å². The van der Waals surface area contributed by atoms with Gasteiger partial charge in [0.2, 0.25) is 5.91 Å². The first-order chi connectivity index (χ1) is 4.27. The van der Waals surface area contributed by atoms with Crippen LogP contribution in [0.5, 0.6) is 0 Å². The van der Waals surface area contributed by atoms with Crippen molar-refractivity contribution in [2.75, 3.05) is 13.1 Å². The number of carbonyl (C=O) groups is 1. The fourth-order valence-electron chi connectivity index (χ4n) is 0.356. The first-order valence-corrected chi connectivity index (χ1v) is 2.63. The lowest BCUT2D eigenvalue weighted by Gasteiger charge is -1.93. The maximum atomic E-state index is 10.1. The summed E-state index contributed by atoms with van der Waals surface area (Å²) in [5.74, 6) is -0.347. The summed E-state index contributed by atoms with van der Waals surface area (Å²) in [6.07, 6.45) is 0.293. The van der Waals surface area contributed by atoms with Gasteiger partial charge in [-0.05, 0) is 0 Å². The van der Waals surface area contributed by atoms with Crippen molar-refractivity contribution in [2.45, 2.75) is 6.42 Å². The van der Waals surface area contributed by atoms with E-state index in [9.17, 15) is 4.79 Å². The van der Waals surface area contributed by atoms with Gasteiger partial charge in [-0.25, -0.2) is 0 Å². The van der Waals surface area contributed by atoms with Crippen LogP contribution in [0.2, 0.25) is 0 Å². The molecule has 0 unspecified atom stereocenters. The Morgan fingerprint density at radius 3 is 2.89 bits per heavy atom. The third-order valence-corrected chi connectivity index (χ3v) is 0.752. The molecule has 50 valence electrons. The molecule has 4 nitrogen and oxygen atoms in total. The van der Waals surface area contributed by atoms with Crippen LogP contribution in [0.25, 0.3) is 0 Å². The zero-order valence-corrected chi connectivity index (χ0v) is 5.05. The minimum absolute atomic E-state index is 0.271. The van der Waals surface area contributed by atoms with Crippen molar-refractivity contribution >= 4 is 5.91 Å². The molecule has 1 amide bonds. The molecule has 0 saturated carbocycles. The van der Waals surface area contributed by atoms with Crippen LogP contribution in [0.3, 0.4) is 0 Å². The van der Waals surface area contributed by atoms with Gasteiger partial charge in [0.05, 0.1) is 12.6 Å². The van der Waals surface area contributed by atoms with Crippen LogP contribution >= 0.6 is 0 Å². The Morgan fingerprint density at radius 2 is 2.44 bits per heavy atom. The zero-order valence-electron chi connectivity index (χ0n) is 5.05. The predicted octanol–water partition coefficient (Wildman–Crippen LogP) is -1.03. The van der Waals surface area contributed by atoms with E-state index in [-0.39, 0.29) is 12.5 Å². The van der Waals surface area contributed by atoms with Crippen molar-refractivity contribution in [3.63, 3.8) is 0 Å². The SMILES string of the molecule is N#CCNCCC(N)=O. The second-order valence-electron chi connectivity index (χ2n) is 1.55. The maximum absolute atomic E-state index is 10.1. The van der Waals surface area contributed by atoms with Crippen molar-refractivity contribution in [3.05, 3.63) is 0 Å². The summed E-state index contributed by atoms with van der Waals surface area (Å²) in [6.45, 7) is 0.760. The van der Waals surface area contributed by atoms with Gasteiger partial charge in [0, 0.05) is 13.0 Å². The molecule has 0 aromatic heterocycles. The van der Waals surface area contributed by atoms with Gasteiger partial charge in [0.15, 0.2) is 0 Å². The molecular formula is C5H9N3O. The molecule has 0 aromatic carbocycles. The van der Waals surface area contributed by atoms with Crippen molar-refractivity contribution in [3.8, 4) is 6.07 Å². The quantitative estimate of drug-likeness (QED) is 0.374. The number of nitrogens with two attached hydrogens (primary N) is 1. The molecule has 0 atom stereocenters. The first kappa shape index (κ1) is 7.92. The molecule has 0 aliphatic heterocycles. The molecule has 0 spiro atoms. The second kappa shape index (κ2) is 5.06. The molecule has 4 heteroatoms. The van der Waals surface area contributed by atoms with Crippen LogP contribution in [0.4, 0.5) is 0 Å². The third kappa shape index (κ3) is 6.92. The van der Waals surface area contributed by atoms with E-state index < -0.39 is 0 Å². The third-order valence-electron chi connectivity index (χ3n) is 0.752. The van der Waals surface area contributed by atoms with Crippen LogP contribution in [-0.4, -0.2) is 19.0 Å². The summed E-state index contributed by atoms with van der Waals surface area (Å²) in [4.78, 5) is 10.1. The Morgan fingerprint density at radius 1 is 1.78 bits per heavy atom. The Bertz CT molecular complexity index is 127. The number of nitriles is 1. The van der Waals surface area contributed by atoms with Crippen molar-refractivity contribution in [2.24, 2.45) is 5.73 Å². The van der Waals surface area contributed by atoms with E-state index in [1.165, 1.54) is 0 Å². The Labute approximate surface area is 53.6 Å². The Hall–Kier alpha value is -1.08. The molecular weight excluding hydrogens is 118 g/mol. The Balaban J connectivity index is 2.94. The standard InChI is InChI=1S/C5H9N3O/c6-2-4-8-3-1-5(7)9/h8H,1,3-4H2,(H2,7,9). The average Bonchev–Trinajstić information content (AvgIpc) is 1.80. The lowest BCUT2D eigenvalue weighted by Crippen LogP contribution is -2.21. The summed E-state index contributed by atoms with van der Waals surface area (Å²) in [6, 6.07) is 1.88. The van der Waals surface area contributed by atoms with Crippen LogP contribution in [-0.2, 0) is 4.79 Å². The van der Waals surface area contributed by atoms with Gasteiger partial charge in [-0.1, -0.05) is 0 Å². The highest BCUT2D eigenvalue weighted by molar-refractivity contribution is 5.73. The molecule has 0 rings (SSSR count). The van der Waals surface area contributed by atoms with E-state index >= 15 is 0 Å². The summed E-state index contributed by atoms with van der Waals surface area (Å²) in [5.41, 5.74) is 4.81. The summed E-state index contributed by atoms with van der Waals surface area (Å²) in [5, 5.41) is 10.7. The number of hydrogen-bond acceptors (Lipinski definition) is 3. The van der Waals surface area contributed by atoms with Crippen molar-refractivity contribution in [1.29, 1.82) is 5.26 Å². The molecule has 9 heavy (non-hydrogen) atoms. The number of carbonyl (C=O) groups excluding carboxylic acids is 1. The fourth-order valence-corrected chi connectivity index (χ4v) is 0.356. The molecule has 0 aliphatic rings. The van der Waals surface area contributed by atoms with E-state index in [4.69, 9.17) is 11.0 Å². The highest BCUT2D eigenvalue weighted by atomic mass is 16.1. The van der Waals surface area contributed by atoms with E-state index in [2.05, 4.69) is 5.32 Å². The molecule has 0 bridgehead atoms. The largest absolute Gasteiger partial charge is 0.370 e. The van der Waals surface area contributed by atoms with Gasteiger partial charge in [0.1, 0.15) is 0 Å².